The smallest absolute Gasteiger partial charge is 0.343 e. The van der Waals surface area contributed by atoms with Gasteiger partial charge in [-0.15, -0.1) is 6.42 Å². The fourth-order valence-electron chi connectivity index (χ4n) is 2.57. The van der Waals surface area contributed by atoms with Gasteiger partial charge in [0.15, 0.2) is 0 Å². The minimum Gasteiger partial charge on any atom is -0.343 e. The van der Waals surface area contributed by atoms with Crippen molar-refractivity contribution in [1.82, 2.24) is 9.97 Å². The summed E-state index contributed by atoms with van der Waals surface area (Å²) in [4.78, 5) is 7.57. The van der Waals surface area contributed by atoms with Gasteiger partial charge < -0.3 is 10.1 Å². The molecule has 4 nitrogen and oxygen atoms in total. The van der Waals surface area contributed by atoms with Crippen LogP contribution in [0.4, 0.5) is 24.7 Å². The minimum absolute atomic E-state index is 0.00386. The average molecular weight is 340 g/mol. The summed E-state index contributed by atoms with van der Waals surface area (Å²) >= 11 is 5.89. The van der Waals surface area contributed by atoms with Crippen molar-refractivity contribution >= 4 is 23.1 Å². The lowest BCUT2D eigenvalue weighted by molar-refractivity contribution is -0.263. The van der Waals surface area contributed by atoms with Gasteiger partial charge in [-0.05, 0) is 18.2 Å². The fourth-order valence-corrected chi connectivity index (χ4v) is 2.74. The number of aromatic nitrogens is 2. The van der Waals surface area contributed by atoms with E-state index in [9.17, 15) is 13.2 Å². The van der Waals surface area contributed by atoms with Crippen LogP contribution in [0.3, 0.4) is 0 Å². The van der Waals surface area contributed by atoms with Gasteiger partial charge in [0, 0.05) is 22.5 Å². The Bertz CT molecular complexity index is 803. The molecule has 23 heavy (non-hydrogen) atoms. The molecule has 2 heterocycles. The molecule has 0 aliphatic carbocycles. The first kappa shape index (κ1) is 15.6. The highest BCUT2D eigenvalue weighted by Gasteiger charge is 2.62. The molecule has 1 atom stereocenters. The average Bonchev–Trinajstić information content (AvgIpc) is 2.50. The van der Waals surface area contributed by atoms with Gasteiger partial charge >= 0.3 is 6.18 Å². The maximum absolute atomic E-state index is 14.1. The molecule has 118 valence electrons. The molecule has 0 bridgehead atoms. The standard InChI is InChI=1S/C15H9ClF3N3O/c1-2-5-23-14(15(17,18)19)10-6-9(16)3-4-12(10)22-13-11(14)7-20-8-21-13/h1,3-4,6-8H,5H2,(H,20,21,22). The fraction of sp³-hybridized carbons (Fsp3) is 0.200. The first-order valence-electron chi connectivity index (χ1n) is 6.42. The third-order valence-electron chi connectivity index (χ3n) is 3.48. The number of alkyl halides is 3. The van der Waals surface area contributed by atoms with Crippen molar-refractivity contribution in [3.8, 4) is 12.3 Å². The Hall–Kier alpha value is -2.30. The summed E-state index contributed by atoms with van der Waals surface area (Å²) in [6.45, 7) is -0.542. The summed E-state index contributed by atoms with van der Waals surface area (Å²) in [5.41, 5.74) is -3.05. The summed E-state index contributed by atoms with van der Waals surface area (Å²) < 4.78 is 47.4. The van der Waals surface area contributed by atoms with E-state index in [4.69, 9.17) is 22.8 Å². The minimum atomic E-state index is -4.80. The molecule has 1 N–H and O–H groups in total. The zero-order chi connectivity index (χ0) is 16.7. The predicted octanol–water partition coefficient (Wildman–Crippen LogP) is 3.64. The maximum Gasteiger partial charge on any atom is 0.426 e. The third kappa shape index (κ3) is 2.31. The summed E-state index contributed by atoms with van der Waals surface area (Å²) in [6.07, 6.45) is 2.51. The number of nitrogens with zero attached hydrogens (tertiary/aromatic N) is 2. The second-order valence-corrected chi connectivity index (χ2v) is 5.21. The number of benzene rings is 1. The van der Waals surface area contributed by atoms with Crippen LogP contribution in [0.25, 0.3) is 0 Å². The maximum atomic E-state index is 14.1. The molecular weight excluding hydrogens is 331 g/mol. The molecule has 0 spiro atoms. The van der Waals surface area contributed by atoms with Crippen LogP contribution in [-0.4, -0.2) is 22.8 Å². The number of terminal acetylenes is 1. The molecule has 0 saturated heterocycles. The normalized spacial score (nSPS) is 19.3. The first-order chi connectivity index (χ1) is 10.9. The predicted molar refractivity (Wildman–Crippen MR) is 78.4 cm³/mol. The Morgan fingerprint density at radius 2 is 2.13 bits per heavy atom. The third-order valence-corrected chi connectivity index (χ3v) is 3.71. The van der Waals surface area contributed by atoms with Crippen LogP contribution in [0.2, 0.25) is 5.02 Å². The second-order valence-electron chi connectivity index (χ2n) is 4.77. The van der Waals surface area contributed by atoms with Crippen molar-refractivity contribution in [2.24, 2.45) is 0 Å². The summed E-state index contributed by atoms with van der Waals surface area (Å²) in [5, 5.41) is 2.97. The van der Waals surface area contributed by atoms with E-state index >= 15 is 0 Å². The molecule has 0 fully saturated rings. The van der Waals surface area contributed by atoms with Gasteiger partial charge in [0.05, 0.1) is 5.56 Å². The van der Waals surface area contributed by atoms with Crippen molar-refractivity contribution in [2.75, 3.05) is 11.9 Å². The van der Waals surface area contributed by atoms with Crippen LogP contribution < -0.4 is 5.32 Å². The molecule has 2 aromatic rings. The van der Waals surface area contributed by atoms with Crippen LogP contribution in [0.15, 0.2) is 30.7 Å². The Morgan fingerprint density at radius 1 is 1.35 bits per heavy atom. The van der Waals surface area contributed by atoms with E-state index in [1.54, 1.807) is 0 Å². The van der Waals surface area contributed by atoms with Gasteiger partial charge in [0.2, 0.25) is 5.60 Å². The lowest BCUT2D eigenvalue weighted by Crippen LogP contribution is -2.48. The molecule has 8 heteroatoms. The quantitative estimate of drug-likeness (QED) is 0.849. The lowest BCUT2D eigenvalue weighted by Gasteiger charge is -2.40. The molecule has 3 rings (SSSR count). The van der Waals surface area contributed by atoms with Crippen molar-refractivity contribution in [2.45, 2.75) is 11.8 Å². The molecule has 0 radical (unpaired) electrons. The van der Waals surface area contributed by atoms with E-state index in [1.807, 2.05) is 0 Å². The number of anilines is 2. The largest absolute Gasteiger partial charge is 0.426 e. The Labute approximate surface area is 134 Å². The highest BCUT2D eigenvalue weighted by atomic mass is 35.5. The number of rotatable bonds is 2. The lowest BCUT2D eigenvalue weighted by atomic mass is 9.82. The summed E-state index contributed by atoms with van der Waals surface area (Å²) in [7, 11) is 0. The zero-order valence-corrected chi connectivity index (χ0v) is 12.2. The molecular formula is C15H9ClF3N3O. The van der Waals surface area contributed by atoms with E-state index < -0.39 is 18.4 Å². The van der Waals surface area contributed by atoms with Gasteiger partial charge in [-0.3, -0.25) is 0 Å². The van der Waals surface area contributed by atoms with E-state index in [1.165, 1.54) is 18.2 Å². The summed E-state index contributed by atoms with van der Waals surface area (Å²) in [5.74, 6) is 2.08. The van der Waals surface area contributed by atoms with Crippen LogP contribution in [0, 0.1) is 12.3 Å². The first-order valence-corrected chi connectivity index (χ1v) is 6.79. The van der Waals surface area contributed by atoms with Crippen molar-refractivity contribution in [3.63, 3.8) is 0 Å². The van der Waals surface area contributed by atoms with Crippen LogP contribution >= 0.6 is 11.6 Å². The molecule has 1 aliphatic heterocycles. The van der Waals surface area contributed by atoms with Gasteiger partial charge in [0.25, 0.3) is 0 Å². The number of nitrogens with one attached hydrogen (secondary N) is 1. The second kappa shape index (κ2) is 5.41. The zero-order valence-electron chi connectivity index (χ0n) is 11.5. The van der Waals surface area contributed by atoms with Gasteiger partial charge in [0.1, 0.15) is 18.8 Å². The van der Waals surface area contributed by atoms with Gasteiger partial charge in [-0.2, -0.15) is 13.2 Å². The molecule has 1 aromatic carbocycles. The van der Waals surface area contributed by atoms with Gasteiger partial charge in [-0.1, -0.05) is 17.5 Å². The van der Waals surface area contributed by atoms with E-state index in [-0.39, 0.29) is 27.7 Å². The number of fused-ring (bicyclic) bond motifs is 2. The number of hydrogen-bond donors (Lipinski definition) is 1. The Balaban J connectivity index is 2.36. The molecule has 0 saturated carbocycles. The molecule has 1 aromatic heterocycles. The highest BCUT2D eigenvalue weighted by Crippen LogP contribution is 2.54. The monoisotopic (exact) mass is 339 g/mol. The molecule has 1 aliphatic rings. The van der Waals surface area contributed by atoms with E-state index in [0.717, 1.165) is 12.5 Å². The molecule has 1 unspecified atom stereocenters. The Kier molecular flexibility index (Phi) is 3.66. The Morgan fingerprint density at radius 3 is 2.83 bits per heavy atom. The van der Waals surface area contributed by atoms with Crippen LogP contribution in [-0.2, 0) is 10.3 Å². The van der Waals surface area contributed by atoms with Crippen molar-refractivity contribution < 1.29 is 17.9 Å². The number of ether oxygens (including phenoxy) is 1. The molecule has 0 amide bonds. The van der Waals surface area contributed by atoms with Crippen LogP contribution in [0.1, 0.15) is 11.1 Å². The van der Waals surface area contributed by atoms with Crippen molar-refractivity contribution in [1.29, 1.82) is 0 Å². The topological polar surface area (TPSA) is 47.0 Å². The van der Waals surface area contributed by atoms with Crippen LogP contribution in [0.5, 0.6) is 0 Å². The SMILES string of the molecule is C#CCOC1(C(F)(F)F)c2cc(Cl)ccc2Nc2ncncc21. The van der Waals surface area contributed by atoms with Gasteiger partial charge in [-0.25, -0.2) is 9.97 Å². The van der Waals surface area contributed by atoms with E-state index in [0.29, 0.717) is 0 Å². The summed E-state index contributed by atoms with van der Waals surface area (Å²) in [6, 6.07) is 4.11. The highest BCUT2D eigenvalue weighted by molar-refractivity contribution is 6.30. The number of halogens is 4. The van der Waals surface area contributed by atoms with Crippen molar-refractivity contribution in [3.05, 3.63) is 46.9 Å². The van der Waals surface area contributed by atoms with E-state index in [2.05, 4.69) is 21.2 Å². The number of hydrogen-bond acceptors (Lipinski definition) is 4.